The molecule has 2 heterocycles. The Morgan fingerprint density at radius 1 is 1.23 bits per heavy atom. The average molecular weight is 469 g/mol. The van der Waals surface area contributed by atoms with Gasteiger partial charge in [-0.15, -0.1) is 11.3 Å². The maximum absolute atomic E-state index is 13.0. The lowest BCUT2D eigenvalue weighted by Crippen LogP contribution is -2.33. The minimum Gasteiger partial charge on any atom is -0.465 e. The Labute approximate surface area is 182 Å². The van der Waals surface area contributed by atoms with Crippen LogP contribution < -0.4 is 5.32 Å². The number of carbonyl (C=O) groups is 3. The number of fused-ring (bicyclic) bond motifs is 1. The summed E-state index contributed by atoms with van der Waals surface area (Å²) in [6.45, 7) is 2.24. The van der Waals surface area contributed by atoms with Crippen molar-refractivity contribution in [1.29, 1.82) is 0 Å². The Morgan fingerprint density at radius 3 is 2.52 bits per heavy atom. The predicted octanol–water partition coefficient (Wildman–Crippen LogP) is 2.38. The number of nitrogens with zero attached hydrogens (tertiary/aromatic N) is 1. The fraction of sp³-hybridized carbons (Fsp3) is 0.350. The number of nitrogens with one attached hydrogen (secondary N) is 1. The first-order chi connectivity index (χ1) is 14.6. The highest BCUT2D eigenvalue weighted by atomic mass is 32.2. The van der Waals surface area contributed by atoms with Crippen LogP contribution in [0.2, 0.25) is 0 Å². The zero-order valence-corrected chi connectivity index (χ0v) is 18.6. The van der Waals surface area contributed by atoms with E-state index in [9.17, 15) is 27.2 Å². The lowest BCUT2D eigenvalue weighted by Gasteiger charge is -2.25. The van der Waals surface area contributed by atoms with E-state index in [2.05, 4.69) is 5.32 Å². The molecule has 0 bridgehead atoms. The van der Waals surface area contributed by atoms with E-state index < -0.39 is 33.3 Å². The first kappa shape index (κ1) is 22.9. The van der Waals surface area contributed by atoms with Gasteiger partial charge in [0.15, 0.2) is 9.84 Å². The van der Waals surface area contributed by atoms with Gasteiger partial charge in [0.1, 0.15) is 10.8 Å². The lowest BCUT2D eigenvalue weighted by molar-refractivity contribution is -0.129. The van der Waals surface area contributed by atoms with Crippen molar-refractivity contribution in [3.8, 4) is 0 Å². The van der Waals surface area contributed by atoms with Gasteiger partial charge in [-0.3, -0.25) is 9.59 Å². The second-order valence-corrected chi connectivity index (χ2v) is 10.2. The molecule has 8 nitrogen and oxygen atoms in total. The van der Waals surface area contributed by atoms with Crippen LogP contribution in [-0.4, -0.2) is 50.5 Å². The number of benzene rings is 1. The number of thiophene rings is 1. The fourth-order valence-corrected chi connectivity index (χ4v) is 5.76. The molecule has 0 unspecified atom stereocenters. The number of sulfone groups is 1. The van der Waals surface area contributed by atoms with Crippen LogP contribution in [0.5, 0.6) is 0 Å². The zero-order chi connectivity index (χ0) is 22.8. The number of rotatable bonds is 6. The molecule has 1 aliphatic heterocycles. The van der Waals surface area contributed by atoms with Crippen LogP contribution >= 0.6 is 11.3 Å². The molecule has 2 aromatic rings. The Kier molecular flexibility index (Phi) is 6.75. The Balaban J connectivity index is 1.75. The molecule has 2 amide bonds. The zero-order valence-electron chi connectivity index (χ0n) is 16.9. The van der Waals surface area contributed by atoms with E-state index >= 15 is 0 Å². The molecule has 11 heteroatoms. The van der Waals surface area contributed by atoms with E-state index in [1.165, 1.54) is 25.4 Å². The van der Waals surface area contributed by atoms with Crippen molar-refractivity contribution in [2.24, 2.45) is 0 Å². The van der Waals surface area contributed by atoms with Gasteiger partial charge in [0, 0.05) is 24.8 Å². The fourth-order valence-electron chi connectivity index (χ4n) is 3.25. The lowest BCUT2D eigenvalue weighted by atomic mass is 10.0. The molecule has 0 spiro atoms. The van der Waals surface area contributed by atoms with Crippen molar-refractivity contribution in [1.82, 2.24) is 4.90 Å². The molecule has 1 aromatic carbocycles. The molecule has 1 N–H and O–H groups in total. The molecule has 0 radical (unpaired) electrons. The molecule has 1 aliphatic rings. The number of hydrogen-bond acceptors (Lipinski definition) is 7. The Bertz CT molecular complexity index is 1130. The molecule has 0 saturated heterocycles. The summed E-state index contributed by atoms with van der Waals surface area (Å²) in [5.41, 5.74) is 0.962. The van der Waals surface area contributed by atoms with Crippen LogP contribution in [-0.2, 0) is 37.1 Å². The summed E-state index contributed by atoms with van der Waals surface area (Å²) < 4.78 is 42.6. The van der Waals surface area contributed by atoms with Crippen LogP contribution in [0.3, 0.4) is 0 Å². The molecule has 166 valence electrons. The third kappa shape index (κ3) is 5.10. The van der Waals surface area contributed by atoms with Gasteiger partial charge in [-0.1, -0.05) is 0 Å². The Morgan fingerprint density at radius 2 is 1.90 bits per heavy atom. The van der Waals surface area contributed by atoms with Crippen LogP contribution in [0.1, 0.15) is 34.1 Å². The third-order valence-corrected chi connectivity index (χ3v) is 7.78. The van der Waals surface area contributed by atoms with Gasteiger partial charge in [0.2, 0.25) is 11.8 Å². The van der Waals surface area contributed by atoms with Crippen molar-refractivity contribution in [2.75, 3.05) is 24.7 Å². The van der Waals surface area contributed by atoms with E-state index in [-0.39, 0.29) is 27.8 Å². The first-order valence-electron chi connectivity index (χ1n) is 9.39. The van der Waals surface area contributed by atoms with Crippen LogP contribution in [0, 0.1) is 5.82 Å². The molecule has 0 aliphatic carbocycles. The molecule has 0 atom stereocenters. The number of halogens is 1. The standard InChI is InChI=1S/C20H21FN2O6S2/c1-12(24)23-9-7-15-16(11-23)30-19(18(15)20(26)29-2)22-17(25)8-10-31(27,28)14-5-3-13(21)4-6-14/h3-6H,7-11H2,1-2H3,(H,22,25). The third-order valence-electron chi connectivity index (χ3n) is 4.92. The van der Waals surface area contributed by atoms with E-state index in [1.54, 1.807) is 4.90 Å². The molecule has 0 saturated carbocycles. The van der Waals surface area contributed by atoms with E-state index in [0.29, 0.717) is 19.5 Å². The van der Waals surface area contributed by atoms with Gasteiger partial charge >= 0.3 is 5.97 Å². The SMILES string of the molecule is COC(=O)c1c(NC(=O)CCS(=O)(=O)c2ccc(F)cc2)sc2c1CCN(C(C)=O)C2. The highest BCUT2D eigenvalue weighted by Gasteiger charge is 2.30. The molecule has 3 rings (SSSR count). The quantitative estimate of drug-likeness (QED) is 0.515. The molecule has 0 fully saturated rings. The van der Waals surface area contributed by atoms with Crippen molar-refractivity contribution in [3.05, 3.63) is 46.1 Å². The van der Waals surface area contributed by atoms with Gasteiger partial charge in [-0.25, -0.2) is 17.6 Å². The van der Waals surface area contributed by atoms with Gasteiger partial charge < -0.3 is 15.0 Å². The minimum absolute atomic E-state index is 0.0761. The maximum atomic E-state index is 13.0. The van der Waals surface area contributed by atoms with Gasteiger partial charge in [0.05, 0.1) is 29.9 Å². The summed E-state index contributed by atoms with van der Waals surface area (Å²) in [4.78, 5) is 38.8. The normalized spacial score (nSPS) is 13.5. The Hall–Kier alpha value is -2.79. The maximum Gasteiger partial charge on any atom is 0.341 e. The van der Waals surface area contributed by atoms with Crippen molar-refractivity contribution in [2.45, 2.75) is 31.2 Å². The predicted molar refractivity (Wildman–Crippen MR) is 112 cm³/mol. The van der Waals surface area contributed by atoms with E-state index in [4.69, 9.17) is 4.74 Å². The molecule has 1 aromatic heterocycles. The first-order valence-corrected chi connectivity index (χ1v) is 11.9. The summed E-state index contributed by atoms with van der Waals surface area (Å²) in [6, 6.07) is 4.37. The monoisotopic (exact) mass is 468 g/mol. The second-order valence-electron chi connectivity index (χ2n) is 6.96. The van der Waals surface area contributed by atoms with Gasteiger partial charge in [-0.2, -0.15) is 0 Å². The van der Waals surface area contributed by atoms with Crippen LogP contribution in [0.4, 0.5) is 9.39 Å². The summed E-state index contributed by atoms with van der Waals surface area (Å²) in [5, 5.41) is 2.88. The summed E-state index contributed by atoms with van der Waals surface area (Å²) >= 11 is 1.17. The van der Waals surface area contributed by atoms with Crippen LogP contribution in [0.25, 0.3) is 0 Å². The average Bonchev–Trinajstić information content (AvgIpc) is 3.09. The van der Waals surface area contributed by atoms with Gasteiger partial charge in [-0.05, 0) is 36.2 Å². The summed E-state index contributed by atoms with van der Waals surface area (Å²) in [7, 11) is -2.54. The number of carbonyl (C=O) groups excluding carboxylic acids is 3. The van der Waals surface area contributed by atoms with Crippen molar-refractivity contribution >= 4 is 44.0 Å². The largest absolute Gasteiger partial charge is 0.465 e. The van der Waals surface area contributed by atoms with Crippen LogP contribution in [0.15, 0.2) is 29.2 Å². The highest BCUT2D eigenvalue weighted by Crippen LogP contribution is 2.37. The number of amides is 2. The summed E-state index contributed by atoms with van der Waals surface area (Å²) in [6.07, 6.45) is 0.104. The molecular weight excluding hydrogens is 447 g/mol. The second kappa shape index (κ2) is 9.15. The number of hydrogen-bond donors (Lipinski definition) is 1. The van der Waals surface area contributed by atoms with Gasteiger partial charge in [0.25, 0.3) is 0 Å². The van der Waals surface area contributed by atoms with E-state index in [0.717, 1.165) is 34.7 Å². The smallest absolute Gasteiger partial charge is 0.341 e. The topological polar surface area (TPSA) is 110 Å². The van der Waals surface area contributed by atoms with Crippen molar-refractivity contribution < 1.29 is 31.9 Å². The van der Waals surface area contributed by atoms with E-state index in [1.807, 2.05) is 0 Å². The number of esters is 1. The number of methoxy groups -OCH3 is 1. The summed E-state index contributed by atoms with van der Waals surface area (Å²) in [5.74, 6) is -2.31. The number of ether oxygens (including phenoxy) is 1. The molecular formula is C20H21FN2O6S2. The minimum atomic E-state index is -3.77. The highest BCUT2D eigenvalue weighted by molar-refractivity contribution is 7.91. The number of anilines is 1. The molecule has 31 heavy (non-hydrogen) atoms. The van der Waals surface area contributed by atoms with Crippen molar-refractivity contribution in [3.63, 3.8) is 0 Å².